The van der Waals surface area contributed by atoms with E-state index in [1.807, 2.05) is 48.5 Å². The van der Waals surface area contributed by atoms with Gasteiger partial charge in [0.15, 0.2) is 0 Å². The lowest BCUT2D eigenvalue weighted by atomic mass is 9.74. The van der Waals surface area contributed by atoms with E-state index >= 15 is 4.39 Å². The van der Waals surface area contributed by atoms with E-state index in [9.17, 15) is 33.1 Å². The van der Waals surface area contributed by atoms with Crippen LogP contribution < -0.4 is 22.2 Å². The second-order valence-electron chi connectivity index (χ2n) is 42.1. The number of aromatic nitrogens is 8. The number of hydrogen-bond acceptors (Lipinski definition) is 13. The predicted octanol–water partition coefficient (Wildman–Crippen LogP) is 30.2. The van der Waals surface area contributed by atoms with Crippen LogP contribution in [0.2, 0.25) is 50.2 Å². The Morgan fingerprint density at radius 1 is 0.293 bits per heavy atom. The molecule has 4 fully saturated rings. The third-order valence-electron chi connectivity index (χ3n) is 28.9. The standard InChI is InChI=1S/C30H29Cl3FN3O2.C29H27Cl3FN3O.C29H28Cl2FN3O.C29H29Cl2N3O/c1-29(2,3)36-13-11-30(17-38,12-14-36)25-16-21(19-8-7-18(34)15-24(19)33)20-9-10-26(39)37(28(20)35-25)27-22(31)5-4-6-23(27)32;1-29(2,3)35-13-11-17(12-14-35)25-16-21(19-8-7-18(33)15-24(19)32)20-9-10-26(37)36(28(20)34-25)27-22(30)5-4-6-23(27)31;1-29(2,3)34-15-13-18(14-16-34)25-17-21(19-7-4-5-10-24(19)32)20-11-12-26(36)35(28(20)33-25)27-22(30)8-6-9-23(27)31;1-29(2,3)33-16-14-20(15-17-33)25-18-22(19-8-5-4-6-9-19)21-12-13-26(35)34(28(21)32-25)27-23(30)10-7-11-24(27)31/h4-10,15-16,38H,11-14,17H2,1-3H3;4-10,15-17H,11-14H2,1-3H3;4-12,17-18H,13-16H2,1-3H3;4-13,18,20H,14-17H2,1-3H3. The predicted molar refractivity (Wildman–Crippen MR) is 600 cm³/mol. The van der Waals surface area contributed by atoms with E-state index in [2.05, 4.69) is 121 Å². The average Bonchev–Trinajstić information content (AvgIpc) is 0.733. The van der Waals surface area contributed by atoms with Gasteiger partial charge in [0.1, 0.15) is 40.0 Å². The molecule has 8 aromatic carbocycles. The Labute approximate surface area is 903 Å². The smallest absolute Gasteiger partial charge is 0.256 e. The van der Waals surface area contributed by atoms with Crippen LogP contribution in [0.15, 0.2) is 256 Å². The lowest BCUT2D eigenvalue weighted by Gasteiger charge is -2.45. The maximum Gasteiger partial charge on any atom is 0.256 e. The number of fused-ring (bicyclic) bond motifs is 4. The van der Waals surface area contributed by atoms with Crippen LogP contribution in [-0.2, 0) is 5.41 Å². The number of hydrogen-bond donors (Lipinski definition) is 1. The molecule has 4 saturated heterocycles. The van der Waals surface area contributed by atoms with E-state index in [1.54, 1.807) is 126 Å². The van der Waals surface area contributed by atoms with E-state index < -0.39 is 17.0 Å². The van der Waals surface area contributed by atoms with E-state index in [1.165, 1.54) is 62.2 Å². The summed E-state index contributed by atoms with van der Waals surface area (Å²) in [5.74, 6) is -0.515. The molecule has 20 rings (SSSR count). The zero-order valence-electron chi connectivity index (χ0n) is 83.6. The van der Waals surface area contributed by atoms with Crippen LogP contribution in [0.1, 0.15) is 175 Å². The molecule has 0 unspecified atom stereocenters. The largest absolute Gasteiger partial charge is 0.395 e. The highest BCUT2D eigenvalue weighted by atomic mass is 35.5. The summed E-state index contributed by atoms with van der Waals surface area (Å²) in [6.45, 7) is 33.9. The molecule has 12 heterocycles. The topological polar surface area (TPSA) is 173 Å². The van der Waals surface area contributed by atoms with Gasteiger partial charge in [-0.3, -0.25) is 57.0 Å². The molecule has 17 nitrogen and oxygen atoms in total. The maximum absolute atomic E-state index is 15.1. The van der Waals surface area contributed by atoms with Crippen LogP contribution in [0.4, 0.5) is 13.2 Å². The molecule has 4 aliphatic heterocycles. The highest BCUT2D eigenvalue weighted by Gasteiger charge is 2.42. The van der Waals surface area contributed by atoms with Crippen molar-refractivity contribution < 1.29 is 18.3 Å². The van der Waals surface area contributed by atoms with Crippen molar-refractivity contribution in [3.05, 3.63) is 368 Å². The summed E-state index contributed by atoms with van der Waals surface area (Å²) in [4.78, 5) is 83.2. The van der Waals surface area contributed by atoms with Crippen LogP contribution >= 0.6 is 116 Å². The fraction of sp³-hybridized carbons (Fsp3) is 0.316. The molecule has 0 spiro atoms. The molecule has 0 radical (unpaired) electrons. The first-order valence-corrected chi connectivity index (χ1v) is 53.0. The number of para-hydroxylation sites is 4. The van der Waals surface area contributed by atoms with Gasteiger partial charge in [-0.05, 0) is 354 Å². The molecule has 16 aromatic rings. The zero-order valence-corrected chi connectivity index (χ0v) is 91.2. The van der Waals surface area contributed by atoms with Crippen molar-refractivity contribution in [3.8, 4) is 67.3 Å². The first-order chi connectivity index (χ1) is 69.9. The molecule has 30 heteroatoms. The maximum atomic E-state index is 15.1. The van der Waals surface area contributed by atoms with E-state index in [-0.39, 0.29) is 78.7 Å². The van der Waals surface area contributed by atoms with Gasteiger partial charge in [-0.1, -0.05) is 189 Å². The molecule has 0 atom stereocenters. The lowest BCUT2D eigenvalue weighted by molar-refractivity contribution is 0.0477. The number of pyridine rings is 8. The fourth-order valence-electron chi connectivity index (χ4n) is 20.7. The molecule has 762 valence electrons. The van der Waals surface area contributed by atoms with Gasteiger partial charge in [-0.15, -0.1) is 0 Å². The molecule has 0 amide bonds. The summed E-state index contributed by atoms with van der Waals surface area (Å²) in [5.41, 5.74) is 11.2. The summed E-state index contributed by atoms with van der Waals surface area (Å²) >= 11 is 65.5. The quantitative estimate of drug-likeness (QED) is 0.116. The molecule has 147 heavy (non-hydrogen) atoms. The van der Waals surface area contributed by atoms with E-state index in [0.29, 0.717) is 154 Å². The number of aliphatic hydroxyl groups is 1. The normalized spacial score (nSPS) is 15.7. The van der Waals surface area contributed by atoms with Gasteiger partial charge >= 0.3 is 0 Å². The van der Waals surface area contributed by atoms with Gasteiger partial charge in [-0.2, -0.15) is 0 Å². The Morgan fingerprint density at radius 2 is 0.571 bits per heavy atom. The SMILES string of the molecule is CC(C)(C)N1CCC(CO)(c2cc(-c3ccc(F)cc3Cl)c3ccc(=O)n(-c4c(Cl)cccc4Cl)c3n2)CC1.CC(C)(C)N1CCC(c2cc(-c3ccc(F)cc3Cl)c3ccc(=O)n(-c4c(Cl)cccc4Cl)c3n2)CC1.CC(C)(C)N1CCC(c2cc(-c3ccccc3)c3ccc(=O)n(-c4c(Cl)cccc4Cl)c3n2)CC1.CC(C)(C)N1CCC(c2cc(-c3ccccc3F)c3ccc(=O)n(-c4c(Cl)cccc4Cl)c3n2)CC1. The molecule has 4 aliphatic rings. The Kier molecular flexibility index (Phi) is 32.5. The first kappa shape index (κ1) is 108. The number of rotatable bonds is 13. The number of piperidine rings is 4. The number of likely N-dealkylation sites (tertiary alicyclic amines) is 4. The van der Waals surface area contributed by atoms with Crippen LogP contribution in [0.5, 0.6) is 0 Å². The summed E-state index contributed by atoms with van der Waals surface area (Å²) < 4.78 is 48.9. The molecule has 8 aromatic heterocycles. The van der Waals surface area contributed by atoms with Gasteiger partial charge in [0.2, 0.25) is 0 Å². The second kappa shape index (κ2) is 44.3. The Morgan fingerprint density at radius 3 is 0.878 bits per heavy atom. The minimum absolute atomic E-state index is 0.00743. The van der Waals surface area contributed by atoms with Crippen LogP contribution in [0, 0.1) is 17.5 Å². The monoisotopic (exact) mass is 2170 g/mol. The van der Waals surface area contributed by atoms with Gasteiger partial charge < -0.3 is 5.11 Å². The van der Waals surface area contributed by atoms with E-state index in [4.69, 9.17) is 136 Å². The summed E-state index contributed by atoms with van der Waals surface area (Å²) in [6.07, 6.45) is 7.08. The number of halogens is 13. The summed E-state index contributed by atoms with van der Waals surface area (Å²) in [6, 6.07) is 67.1. The van der Waals surface area contributed by atoms with Crippen LogP contribution in [0.3, 0.4) is 0 Å². The zero-order chi connectivity index (χ0) is 105. The van der Waals surface area contributed by atoms with Gasteiger partial charge in [-0.25, -0.2) is 33.1 Å². The Bertz CT molecular complexity index is 7880. The fourth-order valence-corrected chi connectivity index (χ4v) is 23.5. The lowest BCUT2D eigenvalue weighted by Crippen LogP contribution is -2.51. The first-order valence-electron chi connectivity index (χ1n) is 49.3. The van der Waals surface area contributed by atoms with Crippen molar-refractivity contribution >= 4 is 160 Å². The molecule has 0 aliphatic carbocycles. The van der Waals surface area contributed by atoms with Crippen molar-refractivity contribution in [2.75, 3.05) is 59.0 Å². The van der Waals surface area contributed by atoms with Crippen molar-refractivity contribution in [2.24, 2.45) is 0 Å². The van der Waals surface area contributed by atoms with Crippen molar-refractivity contribution in [3.63, 3.8) is 0 Å². The molecule has 0 bridgehead atoms. The highest BCUT2D eigenvalue weighted by molar-refractivity contribution is 6.40. The highest BCUT2D eigenvalue weighted by Crippen LogP contribution is 2.48. The third kappa shape index (κ3) is 22.9. The molecular formula is C117H113Cl10F3N12O5. The van der Waals surface area contributed by atoms with E-state index in [0.717, 1.165) is 130 Å². The van der Waals surface area contributed by atoms with Crippen LogP contribution in [0.25, 0.3) is 111 Å². The number of aliphatic hydroxyl groups excluding tert-OH is 1. The number of benzene rings is 8. The minimum atomic E-state index is -0.655. The summed E-state index contributed by atoms with van der Waals surface area (Å²) in [7, 11) is 0. The number of nitrogens with zero attached hydrogens (tertiary/aromatic N) is 12. The Hall–Kier alpha value is -10.3. The van der Waals surface area contributed by atoms with Gasteiger partial charge in [0.25, 0.3) is 22.2 Å². The average molecular weight is 2180 g/mol. The van der Waals surface area contributed by atoms with Crippen molar-refractivity contribution in [1.82, 2.24) is 57.8 Å². The van der Waals surface area contributed by atoms with Gasteiger partial charge in [0, 0.05) is 125 Å². The van der Waals surface area contributed by atoms with Crippen LogP contribution in [-0.4, -0.2) is 144 Å². The minimum Gasteiger partial charge on any atom is -0.395 e. The third-order valence-corrected chi connectivity index (χ3v) is 32.0. The molecule has 0 saturated carbocycles. The Balaban J connectivity index is 0.000000134. The molecular weight excluding hydrogens is 2060 g/mol. The van der Waals surface area contributed by atoms with Gasteiger partial charge in [0.05, 0.1) is 85.3 Å². The van der Waals surface area contributed by atoms with Crippen molar-refractivity contribution in [2.45, 2.75) is 180 Å². The van der Waals surface area contributed by atoms with Crippen molar-refractivity contribution in [1.29, 1.82) is 0 Å². The second-order valence-corrected chi connectivity index (χ2v) is 46.2. The summed E-state index contributed by atoms with van der Waals surface area (Å²) in [5, 5.41) is 16.9. The molecule has 1 N–H and O–H groups in total.